The molecule has 0 aliphatic rings. The minimum absolute atomic E-state index is 0. The van der Waals surface area contributed by atoms with E-state index in [0.717, 1.165) is 18.4 Å². The minimum atomic E-state index is -0.334. The molecule has 0 radical (unpaired) electrons. The molecule has 0 aliphatic carbocycles. The number of primary amides is 1. The van der Waals surface area contributed by atoms with E-state index in [1.54, 1.807) is 6.07 Å². The second kappa shape index (κ2) is 5.60. The van der Waals surface area contributed by atoms with Gasteiger partial charge in [0.05, 0.1) is 0 Å². The van der Waals surface area contributed by atoms with Gasteiger partial charge < -0.3 is 5.73 Å². The summed E-state index contributed by atoms with van der Waals surface area (Å²) >= 11 is 0. The Hall–Kier alpha value is -1.02. The first-order valence-corrected chi connectivity index (χ1v) is 4.13. The highest BCUT2D eigenvalue weighted by molar-refractivity contribution is 5.94. The largest absolute Gasteiger partial charge is 0.366 e. The number of amides is 1. The first-order chi connectivity index (χ1) is 5.75. The number of halogens is 1. The predicted molar refractivity (Wildman–Crippen MR) is 56.2 cm³/mol. The van der Waals surface area contributed by atoms with Crippen LogP contribution in [-0.4, -0.2) is 5.91 Å². The molecule has 0 heterocycles. The Labute approximate surface area is 84.5 Å². The number of carbonyl (C=O) groups excluding carboxylic acids is 1. The van der Waals surface area contributed by atoms with Crippen LogP contribution in [0.5, 0.6) is 0 Å². The van der Waals surface area contributed by atoms with Crippen LogP contribution in [0.25, 0.3) is 0 Å². The van der Waals surface area contributed by atoms with E-state index in [2.05, 4.69) is 6.92 Å². The van der Waals surface area contributed by atoms with Gasteiger partial charge in [-0.3, -0.25) is 4.79 Å². The summed E-state index contributed by atoms with van der Waals surface area (Å²) in [6.07, 6.45) is 1.95. The third-order valence-corrected chi connectivity index (χ3v) is 1.80. The summed E-state index contributed by atoms with van der Waals surface area (Å²) in [6.45, 7) is 2.08. The number of hydrogen-bond donors (Lipinski definition) is 1. The zero-order chi connectivity index (χ0) is 8.97. The van der Waals surface area contributed by atoms with E-state index in [1.807, 2.05) is 18.2 Å². The van der Waals surface area contributed by atoms with Crippen molar-refractivity contribution in [2.75, 3.05) is 0 Å². The Kier molecular flexibility index (Phi) is 5.16. The normalized spacial score (nSPS) is 9.00. The second-order valence-electron chi connectivity index (χ2n) is 2.77. The van der Waals surface area contributed by atoms with Gasteiger partial charge in [-0.2, -0.15) is 0 Å². The highest BCUT2D eigenvalue weighted by atomic mass is 35.5. The molecule has 13 heavy (non-hydrogen) atoms. The summed E-state index contributed by atoms with van der Waals surface area (Å²) in [5, 5.41) is 0. The number of nitrogens with two attached hydrogens (primary N) is 1. The van der Waals surface area contributed by atoms with Gasteiger partial charge in [0.1, 0.15) is 0 Å². The number of hydrogen-bond acceptors (Lipinski definition) is 1. The van der Waals surface area contributed by atoms with Crippen LogP contribution in [0.1, 0.15) is 29.3 Å². The van der Waals surface area contributed by atoms with Crippen molar-refractivity contribution in [2.45, 2.75) is 19.8 Å². The van der Waals surface area contributed by atoms with Crippen molar-refractivity contribution in [1.29, 1.82) is 0 Å². The van der Waals surface area contributed by atoms with E-state index < -0.39 is 0 Å². The Morgan fingerprint density at radius 3 is 2.54 bits per heavy atom. The van der Waals surface area contributed by atoms with Crippen LogP contribution in [0, 0.1) is 0 Å². The van der Waals surface area contributed by atoms with Crippen LogP contribution in [-0.2, 0) is 6.42 Å². The molecule has 1 aromatic rings. The number of rotatable bonds is 3. The van der Waals surface area contributed by atoms with Crippen LogP contribution in [0.4, 0.5) is 0 Å². The lowest BCUT2D eigenvalue weighted by molar-refractivity contribution is 0.0999. The highest BCUT2D eigenvalue weighted by Crippen LogP contribution is 2.09. The molecule has 0 atom stereocenters. The van der Waals surface area contributed by atoms with Crippen LogP contribution >= 0.6 is 12.4 Å². The molecule has 0 aliphatic heterocycles. The molecular formula is C10H14ClNO. The standard InChI is InChI=1S/C10H13NO.ClH/c1-2-5-8-6-3-4-7-9(8)10(11)12;/h3-4,6-7H,2,5H2,1H3,(H2,11,12);1H. The average molecular weight is 200 g/mol. The molecule has 0 fully saturated rings. The van der Waals surface area contributed by atoms with Crippen LogP contribution in [0.15, 0.2) is 24.3 Å². The predicted octanol–water partition coefficient (Wildman–Crippen LogP) is 2.16. The lowest BCUT2D eigenvalue weighted by Gasteiger charge is -2.03. The van der Waals surface area contributed by atoms with Gasteiger partial charge in [0.25, 0.3) is 0 Å². The average Bonchev–Trinajstić information content (AvgIpc) is 2.05. The fourth-order valence-corrected chi connectivity index (χ4v) is 1.25. The van der Waals surface area contributed by atoms with Gasteiger partial charge in [0.15, 0.2) is 0 Å². The SMILES string of the molecule is CCCc1ccccc1C(N)=O.Cl. The maximum atomic E-state index is 10.9. The molecule has 0 saturated heterocycles. The lowest BCUT2D eigenvalue weighted by atomic mass is 10.0. The number of carbonyl (C=O) groups is 1. The maximum absolute atomic E-state index is 10.9. The summed E-state index contributed by atoms with van der Waals surface area (Å²) in [7, 11) is 0. The van der Waals surface area contributed by atoms with Crippen LogP contribution in [0.2, 0.25) is 0 Å². The molecule has 72 valence electrons. The molecule has 0 unspecified atom stereocenters. The zero-order valence-electron chi connectivity index (χ0n) is 7.62. The van der Waals surface area contributed by atoms with Gasteiger partial charge in [0, 0.05) is 5.56 Å². The van der Waals surface area contributed by atoms with Crippen molar-refractivity contribution >= 4 is 18.3 Å². The van der Waals surface area contributed by atoms with Crippen molar-refractivity contribution in [3.05, 3.63) is 35.4 Å². The van der Waals surface area contributed by atoms with Crippen molar-refractivity contribution in [3.63, 3.8) is 0 Å². The molecule has 2 nitrogen and oxygen atoms in total. The summed E-state index contributed by atoms with van der Waals surface area (Å²) in [5.74, 6) is -0.334. The minimum Gasteiger partial charge on any atom is -0.366 e. The van der Waals surface area contributed by atoms with E-state index in [1.165, 1.54) is 0 Å². The Balaban J connectivity index is 0.00000144. The van der Waals surface area contributed by atoms with Crippen LogP contribution < -0.4 is 5.73 Å². The molecule has 0 bridgehead atoms. The van der Waals surface area contributed by atoms with E-state index in [-0.39, 0.29) is 18.3 Å². The Morgan fingerprint density at radius 1 is 1.38 bits per heavy atom. The zero-order valence-corrected chi connectivity index (χ0v) is 8.43. The van der Waals surface area contributed by atoms with Gasteiger partial charge in [-0.15, -0.1) is 12.4 Å². The fourth-order valence-electron chi connectivity index (χ4n) is 1.25. The molecule has 1 amide bonds. The van der Waals surface area contributed by atoms with Gasteiger partial charge in [-0.1, -0.05) is 31.5 Å². The van der Waals surface area contributed by atoms with Gasteiger partial charge in [0.2, 0.25) is 5.91 Å². The van der Waals surface area contributed by atoms with Crippen molar-refractivity contribution in [2.24, 2.45) is 5.73 Å². The first kappa shape index (κ1) is 12.0. The smallest absolute Gasteiger partial charge is 0.248 e. The summed E-state index contributed by atoms with van der Waals surface area (Å²) in [6, 6.07) is 7.48. The molecule has 1 aromatic carbocycles. The molecule has 3 heteroatoms. The number of benzene rings is 1. The topological polar surface area (TPSA) is 43.1 Å². The number of aryl methyl sites for hydroxylation is 1. The molecule has 0 spiro atoms. The second-order valence-corrected chi connectivity index (χ2v) is 2.77. The molecule has 0 aromatic heterocycles. The Morgan fingerprint density at radius 2 is 2.00 bits per heavy atom. The first-order valence-electron chi connectivity index (χ1n) is 4.13. The lowest BCUT2D eigenvalue weighted by Crippen LogP contribution is -2.13. The summed E-state index contributed by atoms with van der Waals surface area (Å²) in [4.78, 5) is 10.9. The third kappa shape index (κ3) is 3.07. The van der Waals surface area contributed by atoms with Gasteiger partial charge in [-0.05, 0) is 18.1 Å². The van der Waals surface area contributed by atoms with E-state index in [4.69, 9.17) is 5.73 Å². The monoisotopic (exact) mass is 199 g/mol. The van der Waals surface area contributed by atoms with E-state index >= 15 is 0 Å². The molecule has 2 N–H and O–H groups in total. The fraction of sp³-hybridized carbons (Fsp3) is 0.300. The van der Waals surface area contributed by atoms with E-state index in [9.17, 15) is 4.79 Å². The maximum Gasteiger partial charge on any atom is 0.248 e. The third-order valence-electron chi connectivity index (χ3n) is 1.80. The van der Waals surface area contributed by atoms with Gasteiger partial charge in [-0.25, -0.2) is 0 Å². The van der Waals surface area contributed by atoms with Crippen molar-refractivity contribution in [1.82, 2.24) is 0 Å². The van der Waals surface area contributed by atoms with Crippen LogP contribution in [0.3, 0.4) is 0 Å². The molecule has 0 saturated carbocycles. The Bertz CT molecular complexity index is 286. The van der Waals surface area contributed by atoms with Crippen molar-refractivity contribution in [3.8, 4) is 0 Å². The van der Waals surface area contributed by atoms with Crippen molar-refractivity contribution < 1.29 is 4.79 Å². The quantitative estimate of drug-likeness (QED) is 0.797. The van der Waals surface area contributed by atoms with Gasteiger partial charge >= 0.3 is 0 Å². The van der Waals surface area contributed by atoms with E-state index in [0.29, 0.717) is 5.56 Å². The molecule has 1 rings (SSSR count). The summed E-state index contributed by atoms with van der Waals surface area (Å²) < 4.78 is 0. The molecular weight excluding hydrogens is 186 g/mol. The highest BCUT2D eigenvalue weighted by Gasteiger charge is 2.04. The summed E-state index contributed by atoms with van der Waals surface area (Å²) in [5.41, 5.74) is 6.91.